The van der Waals surface area contributed by atoms with Crippen molar-refractivity contribution in [1.29, 1.82) is 5.26 Å². The van der Waals surface area contributed by atoms with E-state index in [0.29, 0.717) is 17.1 Å². The molecule has 0 N–H and O–H groups in total. The Morgan fingerprint density at radius 1 is 1.07 bits per heavy atom. The van der Waals surface area contributed by atoms with E-state index in [0.717, 1.165) is 11.1 Å². The standard InChI is InChI=1S/C25H20FNO3/c1-17-7-5-12-24(18(17)2)29-16-25(28)30-21-9-6-8-19(14-21)13-20(15-27)22-10-3-4-11-23(22)26/h3-14H,16H2,1-2H3/b20-13-. The van der Waals surface area contributed by atoms with Gasteiger partial charge in [-0.3, -0.25) is 0 Å². The number of carbonyl (C=O) groups is 1. The summed E-state index contributed by atoms with van der Waals surface area (Å²) in [4.78, 5) is 12.2. The fourth-order valence-electron chi connectivity index (χ4n) is 2.86. The molecule has 4 nitrogen and oxygen atoms in total. The van der Waals surface area contributed by atoms with Gasteiger partial charge in [0.05, 0.1) is 11.6 Å². The topological polar surface area (TPSA) is 59.3 Å². The SMILES string of the molecule is Cc1cccc(OCC(=O)Oc2cccc(/C=C(/C#N)c3ccccc3F)c2)c1C. The van der Waals surface area contributed by atoms with Crippen molar-refractivity contribution in [3.8, 4) is 17.6 Å². The molecule has 0 bridgehead atoms. The van der Waals surface area contributed by atoms with Crippen LogP contribution in [-0.2, 0) is 4.79 Å². The zero-order chi connectivity index (χ0) is 21.5. The van der Waals surface area contributed by atoms with E-state index in [1.165, 1.54) is 6.07 Å². The minimum Gasteiger partial charge on any atom is -0.482 e. The first-order valence-electron chi connectivity index (χ1n) is 9.34. The van der Waals surface area contributed by atoms with Crippen molar-refractivity contribution in [1.82, 2.24) is 0 Å². The maximum absolute atomic E-state index is 14.0. The third-order valence-corrected chi connectivity index (χ3v) is 4.59. The number of nitriles is 1. The number of halogens is 1. The van der Waals surface area contributed by atoms with E-state index >= 15 is 0 Å². The van der Waals surface area contributed by atoms with Gasteiger partial charge >= 0.3 is 5.97 Å². The van der Waals surface area contributed by atoms with Gasteiger partial charge in [0.25, 0.3) is 0 Å². The van der Waals surface area contributed by atoms with Gasteiger partial charge in [0.15, 0.2) is 6.61 Å². The van der Waals surface area contributed by atoms with Crippen LogP contribution in [0.2, 0.25) is 0 Å². The summed E-state index contributed by atoms with van der Waals surface area (Å²) in [6, 6.07) is 20.4. The normalized spacial score (nSPS) is 10.9. The largest absolute Gasteiger partial charge is 0.482 e. The molecular formula is C25H20FNO3. The summed E-state index contributed by atoms with van der Waals surface area (Å²) in [5.41, 5.74) is 3.04. The minimum absolute atomic E-state index is 0.176. The van der Waals surface area contributed by atoms with E-state index in [1.54, 1.807) is 54.6 Å². The van der Waals surface area contributed by atoms with Crippen LogP contribution in [0.5, 0.6) is 11.5 Å². The smallest absolute Gasteiger partial charge is 0.349 e. The van der Waals surface area contributed by atoms with Crippen LogP contribution in [-0.4, -0.2) is 12.6 Å². The second kappa shape index (κ2) is 9.53. The first-order valence-corrected chi connectivity index (χ1v) is 9.34. The predicted molar refractivity (Wildman–Crippen MR) is 113 cm³/mol. The minimum atomic E-state index is -0.549. The maximum Gasteiger partial charge on any atom is 0.349 e. The molecule has 0 fully saturated rings. The van der Waals surface area contributed by atoms with Crippen LogP contribution >= 0.6 is 0 Å². The van der Waals surface area contributed by atoms with E-state index < -0.39 is 11.8 Å². The van der Waals surface area contributed by atoms with E-state index in [4.69, 9.17) is 9.47 Å². The molecule has 0 spiro atoms. The van der Waals surface area contributed by atoms with Crippen LogP contribution in [0.3, 0.4) is 0 Å². The molecule has 3 rings (SSSR count). The quantitative estimate of drug-likeness (QED) is 0.237. The zero-order valence-electron chi connectivity index (χ0n) is 16.7. The van der Waals surface area contributed by atoms with Gasteiger partial charge in [-0.05, 0) is 60.9 Å². The van der Waals surface area contributed by atoms with Crippen LogP contribution in [0.1, 0.15) is 22.3 Å². The van der Waals surface area contributed by atoms with E-state index in [2.05, 4.69) is 0 Å². The molecule has 3 aromatic rings. The number of hydrogen-bond donors (Lipinski definition) is 0. The summed E-state index contributed by atoms with van der Waals surface area (Å²) in [7, 11) is 0. The molecule has 0 heterocycles. The number of carbonyl (C=O) groups excluding carboxylic acids is 1. The third-order valence-electron chi connectivity index (χ3n) is 4.59. The van der Waals surface area contributed by atoms with Gasteiger partial charge < -0.3 is 9.47 Å². The fraction of sp³-hybridized carbons (Fsp3) is 0.120. The maximum atomic E-state index is 14.0. The molecule has 0 amide bonds. The van der Waals surface area contributed by atoms with Crippen molar-refractivity contribution >= 4 is 17.6 Å². The third kappa shape index (κ3) is 5.12. The number of ether oxygens (including phenoxy) is 2. The Labute approximate surface area is 174 Å². The van der Waals surface area contributed by atoms with E-state index in [1.807, 2.05) is 32.0 Å². The molecule has 0 saturated heterocycles. The molecule has 0 aliphatic heterocycles. The molecule has 0 saturated carbocycles. The van der Waals surface area contributed by atoms with Gasteiger partial charge in [0.2, 0.25) is 0 Å². The average molecular weight is 401 g/mol. The number of nitrogens with zero attached hydrogens (tertiary/aromatic N) is 1. The summed E-state index contributed by atoms with van der Waals surface area (Å²) >= 11 is 0. The summed E-state index contributed by atoms with van der Waals surface area (Å²) in [6.45, 7) is 3.66. The lowest BCUT2D eigenvalue weighted by atomic mass is 10.0. The second-order valence-corrected chi connectivity index (χ2v) is 6.68. The Kier molecular flexibility index (Phi) is 6.61. The number of allylic oxidation sites excluding steroid dienone is 1. The van der Waals surface area contributed by atoms with Gasteiger partial charge in [-0.15, -0.1) is 0 Å². The summed E-state index contributed by atoms with van der Waals surface area (Å²) in [5, 5.41) is 9.41. The Morgan fingerprint density at radius 3 is 2.60 bits per heavy atom. The number of aryl methyl sites for hydroxylation is 1. The van der Waals surface area contributed by atoms with Crippen LogP contribution in [0.4, 0.5) is 4.39 Å². The first kappa shape index (κ1) is 20.8. The van der Waals surface area contributed by atoms with Gasteiger partial charge in [-0.2, -0.15) is 5.26 Å². The lowest BCUT2D eigenvalue weighted by Crippen LogP contribution is -2.18. The van der Waals surface area contributed by atoms with Crippen LogP contribution in [0.15, 0.2) is 66.7 Å². The molecule has 0 atom stereocenters. The van der Waals surface area contributed by atoms with Gasteiger partial charge in [0, 0.05) is 5.56 Å². The molecule has 0 aliphatic rings. The van der Waals surface area contributed by atoms with Gasteiger partial charge in [0.1, 0.15) is 17.3 Å². The van der Waals surface area contributed by atoms with Crippen molar-refractivity contribution in [2.75, 3.05) is 6.61 Å². The molecule has 30 heavy (non-hydrogen) atoms. The molecule has 3 aromatic carbocycles. The second-order valence-electron chi connectivity index (χ2n) is 6.68. The highest BCUT2D eigenvalue weighted by Crippen LogP contribution is 2.23. The Hall–Kier alpha value is -3.91. The summed E-state index contributed by atoms with van der Waals surface area (Å²) in [5.74, 6) is -0.0839. The lowest BCUT2D eigenvalue weighted by molar-refractivity contribution is -0.136. The summed E-state index contributed by atoms with van der Waals surface area (Å²) in [6.07, 6.45) is 1.54. The van der Waals surface area contributed by atoms with Crippen molar-refractivity contribution in [2.24, 2.45) is 0 Å². The predicted octanol–water partition coefficient (Wildman–Crippen LogP) is 5.49. The molecule has 5 heteroatoms. The Morgan fingerprint density at radius 2 is 1.83 bits per heavy atom. The molecule has 0 unspecified atom stereocenters. The monoisotopic (exact) mass is 401 g/mol. The number of esters is 1. The Balaban J connectivity index is 1.71. The van der Waals surface area contributed by atoms with Crippen molar-refractivity contribution in [2.45, 2.75) is 13.8 Å². The molecule has 150 valence electrons. The first-order chi connectivity index (χ1) is 14.5. The number of rotatable bonds is 6. The van der Waals surface area contributed by atoms with Crippen molar-refractivity contribution < 1.29 is 18.7 Å². The summed E-state index contributed by atoms with van der Waals surface area (Å²) < 4.78 is 24.9. The van der Waals surface area contributed by atoms with Crippen molar-refractivity contribution in [3.63, 3.8) is 0 Å². The van der Waals surface area contributed by atoms with Gasteiger partial charge in [-0.1, -0.05) is 42.5 Å². The van der Waals surface area contributed by atoms with Crippen LogP contribution < -0.4 is 9.47 Å². The number of benzene rings is 3. The highest BCUT2D eigenvalue weighted by Gasteiger charge is 2.10. The highest BCUT2D eigenvalue weighted by atomic mass is 19.1. The van der Waals surface area contributed by atoms with Crippen molar-refractivity contribution in [3.05, 3.63) is 94.8 Å². The van der Waals surface area contributed by atoms with Gasteiger partial charge in [-0.25, -0.2) is 9.18 Å². The average Bonchev–Trinajstić information content (AvgIpc) is 2.74. The lowest BCUT2D eigenvalue weighted by Gasteiger charge is -2.10. The van der Waals surface area contributed by atoms with Crippen LogP contribution in [0, 0.1) is 31.0 Å². The van der Waals surface area contributed by atoms with E-state index in [-0.39, 0.29) is 17.7 Å². The molecule has 0 radical (unpaired) electrons. The zero-order valence-corrected chi connectivity index (χ0v) is 16.7. The van der Waals surface area contributed by atoms with Crippen LogP contribution in [0.25, 0.3) is 11.6 Å². The highest BCUT2D eigenvalue weighted by molar-refractivity contribution is 5.90. The number of hydrogen-bond acceptors (Lipinski definition) is 4. The molecular weight excluding hydrogens is 381 g/mol. The molecule has 0 aromatic heterocycles. The Bertz CT molecular complexity index is 1150. The fourth-order valence-corrected chi connectivity index (χ4v) is 2.86. The van der Waals surface area contributed by atoms with E-state index in [9.17, 15) is 14.4 Å². The molecule has 0 aliphatic carbocycles.